The highest BCUT2D eigenvalue weighted by molar-refractivity contribution is 7.98. The Bertz CT molecular complexity index is 1170. The van der Waals surface area contributed by atoms with Crippen LogP contribution in [0.25, 0.3) is 5.78 Å². The van der Waals surface area contributed by atoms with Crippen LogP contribution < -0.4 is 0 Å². The Balaban J connectivity index is 1.56. The molecule has 0 aliphatic carbocycles. The van der Waals surface area contributed by atoms with Gasteiger partial charge in [-0.25, -0.2) is 4.39 Å². The zero-order chi connectivity index (χ0) is 19.7. The first kappa shape index (κ1) is 19.2. The van der Waals surface area contributed by atoms with Crippen LogP contribution in [0.3, 0.4) is 0 Å². The number of rotatable bonds is 5. The molecule has 2 heterocycles. The zero-order valence-electron chi connectivity index (χ0n) is 13.9. The number of halogens is 4. The van der Waals surface area contributed by atoms with Crippen LogP contribution in [-0.2, 0) is 5.75 Å². The SMILES string of the molecule is Fc1cccc(Cl)c1/C=N/n1cnn2c(SCc3ccc(Cl)cc3Cl)nnc12. The Hall–Kier alpha value is -2.13. The van der Waals surface area contributed by atoms with Crippen molar-refractivity contribution in [2.24, 2.45) is 5.10 Å². The van der Waals surface area contributed by atoms with Crippen LogP contribution in [0.15, 0.2) is 53.0 Å². The second-order valence-electron chi connectivity index (χ2n) is 5.57. The molecular weight excluding hydrogens is 446 g/mol. The van der Waals surface area contributed by atoms with E-state index in [0.29, 0.717) is 26.7 Å². The van der Waals surface area contributed by atoms with Crippen molar-refractivity contribution < 1.29 is 4.39 Å². The van der Waals surface area contributed by atoms with E-state index in [-0.39, 0.29) is 10.6 Å². The third kappa shape index (κ3) is 3.86. The topological polar surface area (TPSA) is 60.4 Å². The predicted octanol–water partition coefficient (Wildman–Crippen LogP) is 5.20. The minimum absolute atomic E-state index is 0.183. The third-order valence-corrected chi connectivity index (χ3v) is 5.64. The number of benzene rings is 2. The van der Waals surface area contributed by atoms with E-state index in [1.54, 1.807) is 18.2 Å². The van der Waals surface area contributed by atoms with E-state index in [1.807, 2.05) is 6.07 Å². The molecular formula is C17H10Cl3FN6S. The maximum atomic E-state index is 13.9. The van der Waals surface area contributed by atoms with Gasteiger partial charge in [0, 0.05) is 21.4 Å². The maximum absolute atomic E-state index is 13.9. The summed E-state index contributed by atoms with van der Waals surface area (Å²) in [6.45, 7) is 0. The van der Waals surface area contributed by atoms with Crippen molar-refractivity contribution >= 4 is 58.6 Å². The molecule has 0 saturated heterocycles. The van der Waals surface area contributed by atoms with E-state index in [0.717, 1.165) is 5.56 Å². The van der Waals surface area contributed by atoms with Crippen LogP contribution in [0.4, 0.5) is 4.39 Å². The van der Waals surface area contributed by atoms with Crippen molar-refractivity contribution in [2.75, 3.05) is 0 Å². The predicted molar refractivity (Wildman–Crippen MR) is 109 cm³/mol. The summed E-state index contributed by atoms with van der Waals surface area (Å²) in [4.78, 5) is 0. The fourth-order valence-corrected chi connectivity index (χ4v) is 4.01. The number of nitrogens with zero attached hydrogens (tertiary/aromatic N) is 6. The lowest BCUT2D eigenvalue weighted by atomic mass is 10.2. The zero-order valence-corrected chi connectivity index (χ0v) is 17.0. The van der Waals surface area contributed by atoms with E-state index >= 15 is 0 Å². The number of hydrogen-bond acceptors (Lipinski definition) is 5. The summed E-state index contributed by atoms with van der Waals surface area (Å²) in [6, 6.07) is 9.75. The quantitative estimate of drug-likeness (QED) is 0.306. The van der Waals surface area contributed by atoms with Crippen LogP contribution in [0, 0.1) is 5.82 Å². The van der Waals surface area contributed by atoms with Crippen molar-refractivity contribution in [2.45, 2.75) is 10.9 Å². The molecule has 0 radical (unpaired) electrons. The van der Waals surface area contributed by atoms with Crippen molar-refractivity contribution in [3.63, 3.8) is 0 Å². The first-order chi connectivity index (χ1) is 13.5. The highest BCUT2D eigenvalue weighted by Gasteiger charge is 2.13. The Morgan fingerprint density at radius 3 is 2.75 bits per heavy atom. The lowest BCUT2D eigenvalue weighted by Gasteiger charge is -2.02. The summed E-state index contributed by atoms with van der Waals surface area (Å²) in [5.41, 5.74) is 1.10. The summed E-state index contributed by atoms with van der Waals surface area (Å²) >= 11 is 19.5. The van der Waals surface area contributed by atoms with Crippen molar-refractivity contribution in [3.05, 3.63) is 74.7 Å². The van der Waals surface area contributed by atoms with Gasteiger partial charge in [-0.2, -0.15) is 19.4 Å². The molecule has 28 heavy (non-hydrogen) atoms. The lowest BCUT2D eigenvalue weighted by molar-refractivity contribution is 0.626. The number of hydrogen-bond donors (Lipinski definition) is 0. The van der Waals surface area contributed by atoms with Gasteiger partial charge in [0.2, 0.25) is 5.16 Å². The molecule has 6 nitrogen and oxygen atoms in total. The summed E-state index contributed by atoms with van der Waals surface area (Å²) < 4.78 is 16.8. The molecule has 11 heteroatoms. The molecule has 0 N–H and O–H groups in total. The van der Waals surface area contributed by atoms with E-state index in [4.69, 9.17) is 34.8 Å². The lowest BCUT2D eigenvalue weighted by Crippen LogP contribution is -1.94. The highest BCUT2D eigenvalue weighted by atomic mass is 35.5. The average Bonchev–Trinajstić information content (AvgIpc) is 3.23. The van der Waals surface area contributed by atoms with Gasteiger partial charge < -0.3 is 0 Å². The van der Waals surface area contributed by atoms with Crippen molar-refractivity contribution in [3.8, 4) is 0 Å². The second kappa shape index (κ2) is 8.08. The fourth-order valence-electron chi connectivity index (χ4n) is 2.36. The molecule has 0 amide bonds. The summed E-state index contributed by atoms with van der Waals surface area (Å²) in [5.74, 6) is 0.482. The van der Waals surface area contributed by atoms with Crippen LogP contribution >= 0.6 is 46.6 Å². The number of aromatic nitrogens is 5. The molecule has 0 atom stereocenters. The average molecular weight is 456 g/mol. The van der Waals surface area contributed by atoms with Crippen molar-refractivity contribution in [1.29, 1.82) is 0 Å². The molecule has 0 fully saturated rings. The largest absolute Gasteiger partial charge is 0.275 e. The molecule has 2 aromatic heterocycles. The molecule has 0 aliphatic rings. The van der Waals surface area contributed by atoms with E-state index < -0.39 is 5.82 Å². The number of thioether (sulfide) groups is 1. The van der Waals surface area contributed by atoms with Gasteiger partial charge in [0.05, 0.1) is 11.2 Å². The van der Waals surface area contributed by atoms with Crippen molar-refractivity contribution in [1.82, 2.24) is 24.5 Å². The molecule has 142 valence electrons. The Kier molecular flexibility index (Phi) is 5.54. The molecule has 0 saturated carbocycles. The molecule has 2 aromatic carbocycles. The van der Waals surface area contributed by atoms with Gasteiger partial charge in [-0.1, -0.05) is 58.7 Å². The Morgan fingerprint density at radius 2 is 1.96 bits per heavy atom. The first-order valence-corrected chi connectivity index (χ1v) is 9.99. The van der Waals surface area contributed by atoms with Gasteiger partial charge >= 0.3 is 0 Å². The summed E-state index contributed by atoms with van der Waals surface area (Å²) in [5, 5.41) is 18.6. The maximum Gasteiger partial charge on any atom is 0.275 e. The minimum Gasteiger partial charge on any atom is -0.206 e. The third-order valence-electron chi connectivity index (χ3n) is 3.76. The Labute approximate surface area is 177 Å². The second-order valence-corrected chi connectivity index (χ2v) is 7.77. The first-order valence-electron chi connectivity index (χ1n) is 7.87. The van der Waals surface area contributed by atoms with Crippen LogP contribution in [0.2, 0.25) is 15.1 Å². The minimum atomic E-state index is -0.468. The normalized spacial score (nSPS) is 11.7. The smallest absolute Gasteiger partial charge is 0.206 e. The van der Waals surface area contributed by atoms with Crippen LogP contribution in [0.5, 0.6) is 0 Å². The molecule has 0 unspecified atom stereocenters. The molecule has 4 rings (SSSR count). The standard InChI is InChI=1S/C17H10Cl3FN6S/c18-11-5-4-10(14(20)6-11)8-28-17-25-24-16-26(9-23-27(16)17)22-7-12-13(19)2-1-3-15(12)21/h1-7,9H,8H2/b22-7+. The molecule has 0 aliphatic heterocycles. The van der Waals surface area contributed by atoms with Gasteiger partial charge in [0.25, 0.3) is 5.78 Å². The summed E-state index contributed by atoms with van der Waals surface area (Å²) in [7, 11) is 0. The van der Waals surface area contributed by atoms with Gasteiger partial charge in [-0.15, -0.1) is 10.2 Å². The van der Waals surface area contributed by atoms with Gasteiger partial charge in [-0.3, -0.25) is 0 Å². The van der Waals surface area contributed by atoms with E-state index in [9.17, 15) is 4.39 Å². The van der Waals surface area contributed by atoms with E-state index in [2.05, 4.69) is 20.4 Å². The van der Waals surface area contributed by atoms with Gasteiger partial charge in [0.1, 0.15) is 12.1 Å². The van der Waals surface area contributed by atoms with Crippen LogP contribution in [0.1, 0.15) is 11.1 Å². The highest BCUT2D eigenvalue weighted by Crippen LogP contribution is 2.27. The monoisotopic (exact) mass is 454 g/mol. The molecule has 4 aromatic rings. The Morgan fingerprint density at radius 1 is 1.11 bits per heavy atom. The van der Waals surface area contributed by atoms with Crippen LogP contribution in [-0.4, -0.2) is 30.7 Å². The van der Waals surface area contributed by atoms with E-state index in [1.165, 1.54) is 45.6 Å². The number of fused-ring (bicyclic) bond motifs is 1. The van der Waals surface area contributed by atoms with Gasteiger partial charge in [-0.05, 0) is 29.8 Å². The van der Waals surface area contributed by atoms with Gasteiger partial charge in [0.15, 0.2) is 0 Å². The molecule has 0 bridgehead atoms. The molecule has 0 spiro atoms. The summed E-state index contributed by atoms with van der Waals surface area (Å²) in [6.07, 6.45) is 2.77. The fraction of sp³-hybridized carbons (Fsp3) is 0.0588.